The molecule has 82 valence electrons. The molecule has 2 fully saturated rings. The lowest BCUT2D eigenvalue weighted by atomic mass is 9.84. The molecule has 0 radical (unpaired) electrons. The summed E-state index contributed by atoms with van der Waals surface area (Å²) >= 11 is 0. The molecule has 2 bridgehead atoms. The van der Waals surface area contributed by atoms with Crippen LogP contribution in [0.25, 0.3) is 0 Å². The van der Waals surface area contributed by atoms with E-state index in [1.54, 1.807) is 0 Å². The highest BCUT2D eigenvalue weighted by Crippen LogP contribution is 2.54. The number of allylic oxidation sites excluding steroid dienone is 1. The molecule has 2 aliphatic carbocycles. The fourth-order valence-electron chi connectivity index (χ4n) is 3.15. The normalized spacial score (nSPS) is 38.5. The number of hydrogen-bond donors (Lipinski definition) is 0. The monoisotopic (exact) mass is 206 g/mol. The summed E-state index contributed by atoms with van der Waals surface area (Å²) < 4.78 is 5.60. The van der Waals surface area contributed by atoms with Crippen LogP contribution in [-0.4, -0.2) is 11.6 Å². The van der Waals surface area contributed by atoms with E-state index >= 15 is 0 Å². The van der Waals surface area contributed by atoms with Gasteiger partial charge in [-0.05, 0) is 38.5 Å². The van der Waals surface area contributed by atoms with Crippen LogP contribution in [0.15, 0.2) is 24.8 Å². The number of esters is 1. The zero-order valence-corrected chi connectivity index (χ0v) is 9.24. The van der Waals surface area contributed by atoms with Gasteiger partial charge < -0.3 is 4.74 Å². The highest BCUT2D eigenvalue weighted by molar-refractivity contribution is 5.81. The molecule has 2 nitrogen and oxygen atoms in total. The molecule has 0 aliphatic heterocycles. The highest BCUT2D eigenvalue weighted by atomic mass is 16.6. The van der Waals surface area contributed by atoms with E-state index < -0.39 is 0 Å². The van der Waals surface area contributed by atoms with Crippen LogP contribution in [0.1, 0.15) is 32.6 Å². The first kappa shape index (κ1) is 10.5. The number of carbonyl (C=O) groups is 1. The summed E-state index contributed by atoms with van der Waals surface area (Å²) in [6.45, 7) is 5.48. The van der Waals surface area contributed by atoms with Crippen molar-refractivity contribution in [2.45, 2.75) is 38.2 Å². The Morgan fingerprint density at radius 1 is 1.60 bits per heavy atom. The fraction of sp³-hybridized carbons (Fsp3) is 0.615. The third-order valence-electron chi connectivity index (χ3n) is 3.77. The molecule has 2 rings (SSSR count). The Morgan fingerprint density at radius 3 is 3.00 bits per heavy atom. The summed E-state index contributed by atoms with van der Waals surface area (Å²) in [5.74, 6) is 0.904. The highest BCUT2D eigenvalue weighted by Gasteiger charge is 2.53. The van der Waals surface area contributed by atoms with Crippen LogP contribution in [-0.2, 0) is 9.53 Å². The maximum atomic E-state index is 11.3. The quantitative estimate of drug-likeness (QED) is 0.403. The van der Waals surface area contributed by atoms with Crippen LogP contribution in [0.3, 0.4) is 0 Å². The van der Waals surface area contributed by atoms with E-state index in [0.29, 0.717) is 5.92 Å². The Morgan fingerprint density at radius 2 is 2.40 bits per heavy atom. The lowest BCUT2D eigenvalue weighted by Crippen LogP contribution is -2.36. The van der Waals surface area contributed by atoms with Crippen molar-refractivity contribution in [1.29, 1.82) is 0 Å². The zero-order chi connectivity index (χ0) is 10.9. The SMILES string of the molecule is C=CC(=O)OC12CCC(CC1C=CC)C2. The minimum absolute atomic E-state index is 0.206. The fourth-order valence-corrected chi connectivity index (χ4v) is 3.15. The van der Waals surface area contributed by atoms with Crippen molar-refractivity contribution in [3.05, 3.63) is 24.8 Å². The predicted octanol–water partition coefficient (Wildman–Crippen LogP) is 2.85. The number of carbonyl (C=O) groups excluding carboxylic acids is 1. The van der Waals surface area contributed by atoms with Crippen LogP contribution < -0.4 is 0 Å². The van der Waals surface area contributed by atoms with Crippen molar-refractivity contribution in [3.8, 4) is 0 Å². The standard InChI is InChI=1S/C13H18O2/c1-3-5-11-8-10-6-7-13(11,9-10)15-12(14)4-2/h3-5,10-11H,2,6-9H2,1H3. The van der Waals surface area contributed by atoms with Gasteiger partial charge in [0.15, 0.2) is 0 Å². The molecule has 0 spiro atoms. The smallest absolute Gasteiger partial charge is 0.330 e. The Bertz CT molecular complexity index is 306. The molecule has 2 saturated carbocycles. The van der Waals surface area contributed by atoms with Crippen LogP contribution in [0.4, 0.5) is 0 Å². The molecule has 0 heterocycles. The Labute approximate surface area is 91.0 Å². The molecule has 15 heavy (non-hydrogen) atoms. The zero-order valence-electron chi connectivity index (χ0n) is 9.24. The minimum Gasteiger partial charge on any atom is -0.455 e. The number of ether oxygens (including phenoxy) is 1. The molecule has 0 saturated heterocycles. The summed E-state index contributed by atoms with van der Waals surface area (Å²) in [7, 11) is 0. The number of hydrogen-bond acceptors (Lipinski definition) is 2. The van der Waals surface area contributed by atoms with Gasteiger partial charge in [0, 0.05) is 12.0 Å². The summed E-state index contributed by atoms with van der Waals surface area (Å²) in [6.07, 6.45) is 9.97. The summed E-state index contributed by atoms with van der Waals surface area (Å²) in [5, 5.41) is 0. The molecule has 0 N–H and O–H groups in total. The van der Waals surface area contributed by atoms with Crippen molar-refractivity contribution in [2.24, 2.45) is 11.8 Å². The molecule has 3 unspecified atom stereocenters. The topological polar surface area (TPSA) is 26.3 Å². The Kier molecular flexibility index (Phi) is 2.68. The molecule has 0 amide bonds. The van der Waals surface area contributed by atoms with Crippen molar-refractivity contribution >= 4 is 5.97 Å². The average Bonchev–Trinajstić information content (AvgIpc) is 2.75. The third-order valence-corrected chi connectivity index (χ3v) is 3.77. The van der Waals surface area contributed by atoms with E-state index in [0.717, 1.165) is 18.8 Å². The average molecular weight is 206 g/mol. The van der Waals surface area contributed by atoms with Gasteiger partial charge in [-0.2, -0.15) is 0 Å². The van der Waals surface area contributed by atoms with Gasteiger partial charge in [0.05, 0.1) is 0 Å². The van der Waals surface area contributed by atoms with Gasteiger partial charge in [0.2, 0.25) is 0 Å². The van der Waals surface area contributed by atoms with Gasteiger partial charge in [0.1, 0.15) is 5.60 Å². The Hall–Kier alpha value is -1.05. The van der Waals surface area contributed by atoms with E-state index in [2.05, 4.69) is 18.7 Å². The summed E-state index contributed by atoms with van der Waals surface area (Å²) in [4.78, 5) is 11.3. The first-order chi connectivity index (χ1) is 7.20. The van der Waals surface area contributed by atoms with Gasteiger partial charge in [0.25, 0.3) is 0 Å². The Balaban J connectivity index is 2.15. The van der Waals surface area contributed by atoms with E-state index in [1.807, 2.05) is 6.92 Å². The molecule has 3 atom stereocenters. The number of rotatable bonds is 3. The second-order valence-corrected chi connectivity index (χ2v) is 4.67. The van der Waals surface area contributed by atoms with E-state index in [-0.39, 0.29) is 11.6 Å². The van der Waals surface area contributed by atoms with Gasteiger partial charge in [-0.15, -0.1) is 0 Å². The van der Waals surface area contributed by atoms with Crippen LogP contribution in [0.2, 0.25) is 0 Å². The van der Waals surface area contributed by atoms with Gasteiger partial charge in [-0.25, -0.2) is 4.79 Å². The number of fused-ring (bicyclic) bond motifs is 2. The maximum Gasteiger partial charge on any atom is 0.330 e. The first-order valence-corrected chi connectivity index (χ1v) is 5.68. The van der Waals surface area contributed by atoms with Crippen LogP contribution >= 0.6 is 0 Å². The second-order valence-electron chi connectivity index (χ2n) is 4.67. The van der Waals surface area contributed by atoms with Crippen molar-refractivity contribution in [2.75, 3.05) is 0 Å². The van der Waals surface area contributed by atoms with Crippen molar-refractivity contribution in [1.82, 2.24) is 0 Å². The molecule has 0 aromatic carbocycles. The third kappa shape index (κ3) is 1.73. The van der Waals surface area contributed by atoms with Crippen molar-refractivity contribution < 1.29 is 9.53 Å². The predicted molar refractivity (Wildman–Crippen MR) is 59.3 cm³/mol. The molecule has 0 aromatic heterocycles. The van der Waals surface area contributed by atoms with Crippen LogP contribution in [0, 0.1) is 11.8 Å². The summed E-state index contributed by atoms with van der Waals surface area (Å²) in [5.41, 5.74) is -0.206. The van der Waals surface area contributed by atoms with E-state index in [9.17, 15) is 4.79 Å². The lowest BCUT2D eigenvalue weighted by Gasteiger charge is -2.32. The van der Waals surface area contributed by atoms with E-state index in [4.69, 9.17) is 4.74 Å². The first-order valence-electron chi connectivity index (χ1n) is 5.68. The molecule has 2 aliphatic rings. The molecular formula is C13H18O2. The molecule has 0 aromatic rings. The van der Waals surface area contributed by atoms with E-state index in [1.165, 1.54) is 18.9 Å². The van der Waals surface area contributed by atoms with Crippen molar-refractivity contribution in [3.63, 3.8) is 0 Å². The largest absolute Gasteiger partial charge is 0.455 e. The van der Waals surface area contributed by atoms with Crippen LogP contribution in [0.5, 0.6) is 0 Å². The van der Waals surface area contributed by atoms with Gasteiger partial charge in [-0.3, -0.25) is 0 Å². The summed E-state index contributed by atoms with van der Waals surface area (Å²) in [6, 6.07) is 0. The maximum absolute atomic E-state index is 11.3. The minimum atomic E-state index is -0.271. The lowest BCUT2D eigenvalue weighted by molar-refractivity contribution is -0.155. The molecule has 2 heteroatoms. The van der Waals surface area contributed by atoms with Gasteiger partial charge in [-0.1, -0.05) is 18.7 Å². The second kappa shape index (κ2) is 3.84. The molecular weight excluding hydrogens is 188 g/mol. The van der Waals surface area contributed by atoms with Gasteiger partial charge >= 0.3 is 5.97 Å².